The molecule has 1 unspecified atom stereocenters. The SMILES string of the molecule is CN1CCC(CN(C)S(=O)(=O)c2c[nH]c(CCl)c2)C1. The molecule has 1 saturated heterocycles. The Morgan fingerprint density at radius 1 is 1.58 bits per heavy atom. The number of aromatic nitrogens is 1. The van der Waals surface area contributed by atoms with Gasteiger partial charge in [-0.05, 0) is 32.0 Å². The van der Waals surface area contributed by atoms with E-state index in [4.69, 9.17) is 11.6 Å². The molecule has 0 spiro atoms. The lowest BCUT2D eigenvalue weighted by atomic mass is 10.1. The highest BCUT2D eigenvalue weighted by Gasteiger charge is 2.27. The quantitative estimate of drug-likeness (QED) is 0.835. The van der Waals surface area contributed by atoms with Crippen LogP contribution in [0.25, 0.3) is 0 Å². The summed E-state index contributed by atoms with van der Waals surface area (Å²) in [4.78, 5) is 5.39. The van der Waals surface area contributed by atoms with Gasteiger partial charge in [0, 0.05) is 32.0 Å². The second kappa shape index (κ2) is 5.83. The first-order valence-corrected chi connectivity index (χ1v) is 8.29. The van der Waals surface area contributed by atoms with Gasteiger partial charge < -0.3 is 9.88 Å². The molecule has 1 aliphatic heterocycles. The summed E-state index contributed by atoms with van der Waals surface area (Å²) >= 11 is 5.68. The molecule has 1 aromatic rings. The van der Waals surface area contributed by atoms with Crippen LogP contribution in [0.1, 0.15) is 12.1 Å². The number of alkyl halides is 1. The van der Waals surface area contributed by atoms with Crippen LogP contribution in [0.3, 0.4) is 0 Å². The van der Waals surface area contributed by atoms with Gasteiger partial charge in [0.1, 0.15) is 0 Å². The Labute approximate surface area is 119 Å². The maximum atomic E-state index is 12.4. The number of rotatable bonds is 5. The standard InChI is InChI=1S/C12H20ClN3O2S/c1-15-4-3-10(8-15)9-16(2)19(17,18)12-5-11(6-13)14-7-12/h5,7,10,14H,3-4,6,8-9H2,1-2H3. The normalized spacial score (nSPS) is 21.4. The van der Waals surface area contributed by atoms with E-state index in [1.807, 2.05) is 0 Å². The van der Waals surface area contributed by atoms with Gasteiger partial charge in [0.05, 0.1) is 10.8 Å². The van der Waals surface area contributed by atoms with Gasteiger partial charge in [-0.25, -0.2) is 12.7 Å². The first-order valence-electron chi connectivity index (χ1n) is 6.31. The van der Waals surface area contributed by atoms with Gasteiger partial charge >= 0.3 is 0 Å². The van der Waals surface area contributed by atoms with E-state index in [2.05, 4.69) is 16.9 Å². The van der Waals surface area contributed by atoms with Crippen molar-refractivity contribution in [3.05, 3.63) is 18.0 Å². The molecule has 0 aliphatic carbocycles. The predicted molar refractivity (Wildman–Crippen MR) is 75.8 cm³/mol. The van der Waals surface area contributed by atoms with Crippen LogP contribution in [0.4, 0.5) is 0 Å². The molecule has 5 nitrogen and oxygen atoms in total. The molecule has 1 N–H and O–H groups in total. The van der Waals surface area contributed by atoms with Crippen LogP contribution in [0.2, 0.25) is 0 Å². The maximum Gasteiger partial charge on any atom is 0.244 e. The number of hydrogen-bond donors (Lipinski definition) is 1. The fourth-order valence-electron chi connectivity index (χ4n) is 2.46. The summed E-state index contributed by atoms with van der Waals surface area (Å²) < 4.78 is 26.2. The van der Waals surface area contributed by atoms with Gasteiger partial charge in [0.25, 0.3) is 0 Å². The fourth-order valence-corrected chi connectivity index (χ4v) is 3.88. The van der Waals surface area contributed by atoms with E-state index in [0.717, 1.165) is 19.5 Å². The van der Waals surface area contributed by atoms with Crippen LogP contribution < -0.4 is 0 Å². The summed E-state index contributed by atoms with van der Waals surface area (Å²) in [5, 5.41) is 0. The molecule has 108 valence electrons. The van der Waals surface area contributed by atoms with E-state index in [0.29, 0.717) is 18.2 Å². The number of hydrogen-bond acceptors (Lipinski definition) is 3. The van der Waals surface area contributed by atoms with Gasteiger partial charge in [0.15, 0.2) is 0 Å². The number of sulfonamides is 1. The van der Waals surface area contributed by atoms with Crippen molar-refractivity contribution in [1.29, 1.82) is 0 Å². The first kappa shape index (κ1) is 14.8. The highest BCUT2D eigenvalue weighted by atomic mass is 35.5. The lowest BCUT2D eigenvalue weighted by molar-refractivity contribution is 0.357. The number of nitrogens with zero attached hydrogens (tertiary/aromatic N) is 2. The lowest BCUT2D eigenvalue weighted by Crippen LogP contribution is -2.32. The second-order valence-electron chi connectivity index (χ2n) is 5.20. The van der Waals surface area contributed by atoms with E-state index < -0.39 is 10.0 Å². The van der Waals surface area contributed by atoms with Crippen LogP contribution in [-0.2, 0) is 15.9 Å². The number of nitrogens with one attached hydrogen (secondary N) is 1. The zero-order valence-corrected chi connectivity index (χ0v) is 12.8. The van der Waals surface area contributed by atoms with Gasteiger partial charge in [0.2, 0.25) is 10.0 Å². The van der Waals surface area contributed by atoms with Gasteiger partial charge in [-0.2, -0.15) is 0 Å². The van der Waals surface area contributed by atoms with E-state index >= 15 is 0 Å². The molecule has 0 aromatic carbocycles. The Hall–Kier alpha value is -0.560. The van der Waals surface area contributed by atoms with Crippen LogP contribution in [0, 0.1) is 5.92 Å². The molecule has 1 fully saturated rings. The summed E-state index contributed by atoms with van der Waals surface area (Å²) in [5.74, 6) is 0.698. The summed E-state index contributed by atoms with van der Waals surface area (Å²) in [7, 11) is 0.295. The smallest absolute Gasteiger partial charge is 0.244 e. The highest BCUT2D eigenvalue weighted by Crippen LogP contribution is 2.21. The summed E-state index contributed by atoms with van der Waals surface area (Å²) in [6, 6.07) is 1.60. The minimum atomic E-state index is -3.41. The molecule has 0 saturated carbocycles. The van der Waals surface area contributed by atoms with Crippen molar-refractivity contribution in [1.82, 2.24) is 14.2 Å². The van der Waals surface area contributed by atoms with Crippen LogP contribution in [0.15, 0.2) is 17.2 Å². The molecule has 0 radical (unpaired) electrons. The third-order valence-electron chi connectivity index (χ3n) is 3.57. The minimum absolute atomic E-state index is 0.284. The molecule has 1 atom stereocenters. The molecule has 1 aromatic heterocycles. The largest absolute Gasteiger partial charge is 0.363 e. The number of aromatic amines is 1. The molecular weight excluding hydrogens is 286 g/mol. The van der Waals surface area contributed by atoms with E-state index in [-0.39, 0.29) is 10.8 Å². The van der Waals surface area contributed by atoms with Crippen LogP contribution >= 0.6 is 11.6 Å². The maximum absolute atomic E-state index is 12.4. The molecule has 0 bridgehead atoms. The van der Waals surface area contributed by atoms with Crippen molar-refractivity contribution in [3.8, 4) is 0 Å². The Morgan fingerprint density at radius 3 is 2.84 bits per heavy atom. The highest BCUT2D eigenvalue weighted by molar-refractivity contribution is 7.89. The average molecular weight is 306 g/mol. The van der Waals surface area contributed by atoms with E-state index in [9.17, 15) is 8.42 Å². The molecule has 7 heteroatoms. The average Bonchev–Trinajstić information content (AvgIpc) is 2.98. The minimum Gasteiger partial charge on any atom is -0.363 e. The predicted octanol–water partition coefficient (Wildman–Crippen LogP) is 1.33. The summed E-state index contributed by atoms with van der Waals surface area (Å²) in [6.07, 6.45) is 2.56. The first-order chi connectivity index (χ1) is 8.93. The Morgan fingerprint density at radius 2 is 2.32 bits per heavy atom. The third-order valence-corrected chi connectivity index (χ3v) is 5.66. The topological polar surface area (TPSA) is 56.4 Å². The van der Waals surface area contributed by atoms with Crippen LogP contribution in [0.5, 0.6) is 0 Å². The van der Waals surface area contributed by atoms with Gasteiger partial charge in [-0.1, -0.05) is 0 Å². The number of halogens is 1. The molecular formula is C12H20ClN3O2S. The van der Waals surface area contributed by atoms with E-state index in [1.54, 1.807) is 13.1 Å². The number of likely N-dealkylation sites (tertiary alicyclic amines) is 1. The molecule has 1 aliphatic rings. The van der Waals surface area contributed by atoms with Gasteiger partial charge in [-0.15, -0.1) is 11.6 Å². The van der Waals surface area contributed by atoms with Crippen LogP contribution in [-0.4, -0.2) is 56.3 Å². The molecule has 2 rings (SSSR count). The van der Waals surface area contributed by atoms with Crippen molar-refractivity contribution in [2.45, 2.75) is 17.2 Å². The van der Waals surface area contributed by atoms with Gasteiger partial charge in [-0.3, -0.25) is 0 Å². The molecule has 19 heavy (non-hydrogen) atoms. The van der Waals surface area contributed by atoms with Crippen molar-refractivity contribution >= 4 is 21.6 Å². The number of H-pyrrole nitrogens is 1. The van der Waals surface area contributed by atoms with Crippen molar-refractivity contribution in [3.63, 3.8) is 0 Å². The molecule has 0 amide bonds. The van der Waals surface area contributed by atoms with Crippen molar-refractivity contribution < 1.29 is 8.42 Å². The Kier molecular flexibility index (Phi) is 4.55. The summed E-state index contributed by atoms with van der Waals surface area (Å²) in [6.45, 7) is 2.56. The van der Waals surface area contributed by atoms with Crippen molar-refractivity contribution in [2.24, 2.45) is 5.92 Å². The second-order valence-corrected chi connectivity index (χ2v) is 7.51. The van der Waals surface area contributed by atoms with Crippen molar-refractivity contribution in [2.75, 3.05) is 33.7 Å². The Balaban J connectivity index is 2.06. The zero-order valence-electron chi connectivity index (χ0n) is 11.3. The monoisotopic (exact) mass is 305 g/mol. The third kappa shape index (κ3) is 3.31. The molecule has 2 heterocycles. The lowest BCUT2D eigenvalue weighted by Gasteiger charge is -2.20. The summed E-state index contributed by atoms with van der Waals surface area (Å²) in [5.41, 5.74) is 0.717. The van der Waals surface area contributed by atoms with E-state index in [1.165, 1.54) is 10.5 Å². The Bertz CT molecular complexity index is 529. The zero-order chi connectivity index (χ0) is 14.0. The fraction of sp³-hybridized carbons (Fsp3) is 0.667.